The highest BCUT2D eigenvalue weighted by atomic mass is 16.5. The molecule has 1 aromatic carbocycles. The highest BCUT2D eigenvalue weighted by Crippen LogP contribution is 2.14. The molecule has 0 saturated carbocycles. The first-order valence-electron chi connectivity index (χ1n) is 5.15. The number of ether oxygens (including phenoxy) is 1. The largest absolute Gasteiger partial charge is 0.494 e. The molecular weight excluding hydrogens is 190 g/mol. The van der Waals surface area contributed by atoms with Crippen molar-refractivity contribution in [2.75, 3.05) is 6.61 Å². The Kier molecular flexibility index (Phi) is 4.68. The summed E-state index contributed by atoms with van der Waals surface area (Å²) in [7, 11) is 0. The van der Waals surface area contributed by atoms with E-state index in [1.165, 1.54) is 5.56 Å². The van der Waals surface area contributed by atoms with Gasteiger partial charge in [0.1, 0.15) is 5.75 Å². The maximum Gasteiger partial charge on any atom is 0.119 e. The van der Waals surface area contributed by atoms with E-state index in [4.69, 9.17) is 9.94 Å². The van der Waals surface area contributed by atoms with Crippen LogP contribution < -0.4 is 4.74 Å². The molecule has 0 fully saturated rings. The molecule has 0 bridgehead atoms. The lowest BCUT2D eigenvalue weighted by Gasteiger charge is -2.05. The van der Waals surface area contributed by atoms with E-state index in [9.17, 15) is 0 Å². The van der Waals surface area contributed by atoms with Crippen molar-refractivity contribution in [3.8, 4) is 5.75 Å². The van der Waals surface area contributed by atoms with E-state index in [1.54, 1.807) is 0 Å². The van der Waals surface area contributed by atoms with Crippen LogP contribution in [0.2, 0.25) is 0 Å². The van der Waals surface area contributed by atoms with Gasteiger partial charge in [0.15, 0.2) is 0 Å². The zero-order valence-corrected chi connectivity index (χ0v) is 9.23. The third-order valence-corrected chi connectivity index (χ3v) is 2.16. The second-order valence-corrected chi connectivity index (χ2v) is 3.42. The summed E-state index contributed by atoms with van der Waals surface area (Å²) >= 11 is 0. The molecule has 82 valence electrons. The van der Waals surface area contributed by atoms with Gasteiger partial charge >= 0.3 is 0 Å². The van der Waals surface area contributed by atoms with Gasteiger partial charge in [-0.3, -0.25) is 0 Å². The number of nitrogens with zero attached hydrogens (tertiary/aromatic N) is 1. The molecule has 3 heteroatoms. The summed E-state index contributed by atoms with van der Waals surface area (Å²) in [5.41, 5.74) is 1.95. The number of oxime groups is 1. The normalized spacial score (nSPS) is 11.5. The Morgan fingerprint density at radius 2 is 2.27 bits per heavy atom. The van der Waals surface area contributed by atoms with Gasteiger partial charge in [0.2, 0.25) is 0 Å². The zero-order chi connectivity index (χ0) is 11.1. The van der Waals surface area contributed by atoms with Crippen LogP contribution in [0.25, 0.3) is 0 Å². The molecular formula is C12H17NO2. The highest BCUT2D eigenvalue weighted by Gasteiger charge is 1.98. The molecule has 15 heavy (non-hydrogen) atoms. The molecule has 0 spiro atoms. The Hall–Kier alpha value is -1.51. The lowest BCUT2D eigenvalue weighted by molar-refractivity contribution is 0.317. The first-order chi connectivity index (χ1) is 7.26. The number of hydrogen-bond donors (Lipinski definition) is 1. The topological polar surface area (TPSA) is 41.8 Å². The summed E-state index contributed by atoms with van der Waals surface area (Å²) in [4.78, 5) is 0. The first kappa shape index (κ1) is 11.6. The van der Waals surface area contributed by atoms with Crippen molar-refractivity contribution in [1.82, 2.24) is 0 Å². The van der Waals surface area contributed by atoms with Gasteiger partial charge in [-0.2, -0.15) is 0 Å². The Bertz CT molecular complexity index is 334. The van der Waals surface area contributed by atoms with E-state index in [0.717, 1.165) is 24.3 Å². The van der Waals surface area contributed by atoms with Crippen LogP contribution in [0.4, 0.5) is 0 Å². The molecule has 0 amide bonds. The summed E-state index contributed by atoms with van der Waals surface area (Å²) < 4.78 is 5.40. The summed E-state index contributed by atoms with van der Waals surface area (Å²) in [6, 6.07) is 7.99. The molecule has 0 unspecified atom stereocenters. The van der Waals surface area contributed by atoms with E-state index in [1.807, 2.05) is 38.1 Å². The molecule has 0 heterocycles. The first-order valence-corrected chi connectivity index (χ1v) is 5.15. The fourth-order valence-corrected chi connectivity index (χ4v) is 1.33. The Balaban J connectivity index is 2.57. The van der Waals surface area contributed by atoms with Crippen LogP contribution in [0.3, 0.4) is 0 Å². The minimum atomic E-state index is 0.681. The zero-order valence-electron chi connectivity index (χ0n) is 9.23. The van der Waals surface area contributed by atoms with Crippen molar-refractivity contribution in [1.29, 1.82) is 0 Å². The fourth-order valence-electron chi connectivity index (χ4n) is 1.33. The summed E-state index contributed by atoms with van der Waals surface area (Å²) in [6.07, 6.45) is 1.64. The van der Waals surface area contributed by atoms with Crippen molar-refractivity contribution >= 4 is 5.71 Å². The molecule has 1 N–H and O–H groups in total. The maximum atomic E-state index is 8.51. The second-order valence-electron chi connectivity index (χ2n) is 3.42. The van der Waals surface area contributed by atoms with E-state index in [2.05, 4.69) is 5.16 Å². The van der Waals surface area contributed by atoms with Crippen molar-refractivity contribution in [3.63, 3.8) is 0 Å². The van der Waals surface area contributed by atoms with E-state index >= 15 is 0 Å². The van der Waals surface area contributed by atoms with Crippen LogP contribution in [-0.4, -0.2) is 17.5 Å². The number of hydrogen-bond acceptors (Lipinski definition) is 3. The summed E-state index contributed by atoms with van der Waals surface area (Å²) in [5, 5.41) is 11.7. The molecule has 3 nitrogen and oxygen atoms in total. The Morgan fingerprint density at radius 1 is 1.47 bits per heavy atom. The molecule has 1 aromatic rings. The molecule has 0 aliphatic rings. The van der Waals surface area contributed by atoms with E-state index in [-0.39, 0.29) is 0 Å². The van der Waals surface area contributed by atoms with Crippen LogP contribution in [-0.2, 0) is 6.42 Å². The van der Waals surface area contributed by atoms with Crippen molar-refractivity contribution in [3.05, 3.63) is 29.8 Å². The number of aryl methyl sites for hydroxylation is 1. The van der Waals surface area contributed by atoms with Crippen LogP contribution in [0, 0.1) is 0 Å². The summed E-state index contributed by atoms with van der Waals surface area (Å²) in [6.45, 7) is 4.46. The van der Waals surface area contributed by atoms with Gasteiger partial charge < -0.3 is 9.94 Å². The van der Waals surface area contributed by atoms with Crippen molar-refractivity contribution in [2.45, 2.75) is 26.7 Å². The molecule has 0 atom stereocenters. The van der Waals surface area contributed by atoms with Gasteiger partial charge in [0.25, 0.3) is 0 Å². The molecule has 0 radical (unpaired) electrons. The van der Waals surface area contributed by atoms with Crippen LogP contribution in [0.1, 0.15) is 25.8 Å². The average Bonchev–Trinajstić information content (AvgIpc) is 2.27. The van der Waals surface area contributed by atoms with Crippen molar-refractivity contribution in [2.24, 2.45) is 5.16 Å². The maximum absolute atomic E-state index is 8.51. The lowest BCUT2D eigenvalue weighted by atomic mass is 10.1. The van der Waals surface area contributed by atoms with Crippen LogP contribution in [0.5, 0.6) is 5.75 Å². The minimum absolute atomic E-state index is 0.681. The monoisotopic (exact) mass is 207 g/mol. The number of rotatable bonds is 5. The van der Waals surface area contributed by atoms with E-state index in [0.29, 0.717) is 6.61 Å². The van der Waals surface area contributed by atoms with E-state index < -0.39 is 0 Å². The van der Waals surface area contributed by atoms with Crippen LogP contribution in [0.15, 0.2) is 29.4 Å². The molecule has 0 aliphatic carbocycles. The Morgan fingerprint density at radius 3 is 2.93 bits per heavy atom. The smallest absolute Gasteiger partial charge is 0.119 e. The third-order valence-electron chi connectivity index (χ3n) is 2.16. The van der Waals surface area contributed by atoms with Gasteiger partial charge in [-0.25, -0.2) is 0 Å². The lowest BCUT2D eigenvalue weighted by Crippen LogP contribution is -1.96. The quantitative estimate of drug-likeness (QED) is 0.458. The fraction of sp³-hybridized carbons (Fsp3) is 0.417. The van der Waals surface area contributed by atoms with Crippen LogP contribution >= 0.6 is 0 Å². The Labute approximate surface area is 90.4 Å². The third kappa shape index (κ3) is 4.02. The molecule has 1 rings (SSSR count). The standard InChI is InChI=1S/C12H17NO2/c1-3-15-12-6-4-5-11(9-12)8-7-10(2)13-14/h4-6,9,14H,3,7-8H2,1-2H3/b13-10+. The van der Waals surface area contributed by atoms with Gasteiger partial charge in [-0.15, -0.1) is 0 Å². The minimum Gasteiger partial charge on any atom is -0.494 e. The molecule has 0 aromatic heterocycles. The van der Waals surface area contributed by atoms with Gasteiger partial charge in [-0.05, 0) is 44.4 Å². The predicted molar refractivity (Wildman–Crippen MR) is 60.8 cm³/mol. The number of benzene rings is 1. The van der Waals surface area contributed by atoms with Crippen molar-refractivity contribution < 1.29 is 9.94 Å². The SMILES string of the molecule is CCOc1cccc(CC/C(C)=N/O)c1. The van der Waals surface area contributed by atoms with Gasteiger partial charge in [-0.1, -0.05) is 17.3 Å². The highest BCUT2D eigenvalue weighted by molar-refractivity contribution is 5.81. The second kappa shape index (κ2) is 6.06. The van der Waals surface area contributed by atoms with Gasteiger partial charge in [0.05, 0.1) is 12.3 Å². The summed E-state index contributed by atoms with van der Waals surface area (Å²) in [5.74, 6) is 0.897. The predicted octanol–water partition coefficient (Wildman–Crippen LogP) is 2.87. The van der Waals surface area contributed by atoms with Gasteiger partial charge in [0, 0.05) is 0 Å². The average molecular weight is 207 g/mol. The molecule has 0 saturated heterocycles. The molecule has 0 aliphatic heterocycles.